The third-order valence-electron chi connectivity index (χ3n) is 0.853. The highest BCUT2D eigenvalue weighted by atomic mass is 15.3. The minimum atomic E-state index is 0.421. The smallest absolute Gasteiger partial charge is 0.0364 e. The van der Waals surface area contributed by atoms with Gasteiger partial charge >= 0.3 is 0 Å². The Balaban J connectivity index is 3.17. The van der Waals surface area contributed by atoms with Gasteiger partial charge in [-0.1, -0.05) is 12.2 Å². The van der Waals surface area contributed by atoms with Crippen molar-refractivity contribution in [2.24, 2.45) is 0 Å². The van der Waals surface area contributed by atoms with Crippen LogP contribution in [0.3, 0.4) is 0 Å². The van der Waals surface area contributed by atoms with Crippen LogP contribution in [-0.2, 0) is 0 Å². The molecule has 0 radical (unpaired) electrons. The van der Waals surface area contributed by atoms with Crippen LogP contribution < -0.4 is 10.9 Å². The van der Waals surface area contributed by atoms with E-state index in [0.29, 0.717) is 6.04 Å². The van der Waals surface area contributed by atoms with Crippen molar-refractivity contribution in [1.29, 1.82) is 0 Å². The van der Waals surface area contributed by atoms with Crippen molar-refractivity contribution in [3.05, 3.63) is 12.2 Å². The molecule has 8 heavy (non-hydrogen) atoms. The van der Waals surface area contributed by atoms with Crippen LogP contribution in [0.1, 0.15) is 13.8 Å². The lowest BCUT2D eigenvalue weighted by Crippen LogP contribution is -2.34. The third-order valence-corrected chi connectivity index (χ3v) is 0.853. The van der Waals surface area contributed by atoms with E-state index >= 15 is 0 Å². The van der Waals surface area contributed by atoms with Gasteiger partial charge in [0.15, 0.2) is 0 Å². The summed E-state index contributed by atoms with van der Waals surface area (Å²) >= 11 is 0. The molecule has 0 bridgehead atoms. The summed E-state index contributed by atoms with van der Waals surface area (Å²) < 4.78 is 0. The van der Waals surface area contributed by atoms with Gasteiger partial charge in [-0.25, -0.2) is 0 Å². The van der Waals surface area contributed by atoms with Crippen molar-refractivity contribution in [3.63, 3.8) is 0 Å². The first-order valence-corrected chi connectivity index (χ1v) is 2.86. The molecular weight excluding hydrogens is 100 g/mol. The first-order valence-electron chi connectivity index (χ1n) is 2.86. The summed E-state index contributed by atoms with van der Waals surface area (Å²) in [4.78, 5) is 0. The molecule has 0 saturated carbocycles. The summed E-state index contributed by atoms with van der Waals surface area (Å²) in [6, 6.07) is 0.421. The summed E-state index contributed by atoms with van der Waals surface area (Å²) in [5.74, 6) is 0. The van der Waals surface area contributed by atoms with E-state index in [0.717, 1.165) is 0 Å². The molecule has 0 saturated heterocycles. The zero-order valence-electron chi connectivity index (χ0n) is 5.73. The second-order valence-corrected chi connectivity index (χ2v) is 1.71. The fraction of sp³-hybridized carbons (Fsp3) is 0.667. The second-order valence-electron chi connectivity index (χ2n) is 1.71. The Bertz CT molecular complexity index is 68.9. The van der Waals surface area contributed by atoms with Crippen LogP contribution >= 0.6 is 0 Å². The van der Waals surface area contributed by atoms with E-state index in [2.05, 4.69) is 23.9 Å². The predicted molar refractivity (Wildman–Crippen MR) is 36.5 cm³/mol. The average molecular weight is 114 g/mol. The molecular formula is C6H14N2. The number of hydrazine groups is 1. The quantitative estimate of drug-likeness (QED) is 0.416. The largest absolute Gasteiger partial charge is 0.260 e. The van der Waals surface area contributed by atoms with Crippen molar-refractivity contribution in [2.75, 3.05) is 7.05 Å². The fourth-order valence-corrected chi connectivity index (χ4v) is 0.564. The maximum absolute atomic E-state index is 3.01. The number of allylic oxidation sites excluding steroid dienone is 1. The van der Waals surface area contributed by atoms with Gasteiger partial charge in [-0.15, -0.1) is 0 Å². The van der Waals surface area contributed by atoms with E-state index in [1.807, 2.05) is 20.0 Å². The van der Waals surface area contributed by atoms with Gasteiger partial charge in [0.2, 0.25) is 0 Å². The van der Waals surface area contributed by atoms with Crippen LogP contribution in [-0.4, -0.2) is 13.1 Å². The lowest BCUT2D eigenvalue weighted by atomic mass is 10.3. The molecule has 48 valence electrons. The molecule has 0 aliphatic rings. The number of rotatable bonds is 3. The molecule has 2 heteroatoms. The standard InChI is InChI=1S/C6H14N2/c1-4-5-6(2)8-7-3/h4-8H,1-3H3. The van der Waals surface area contributed by atoms with Crippen molar-refractivity contribution >= 4 is 0 Å². The molecule has 0 aliphatic carbocycles. The summed E-state index contributed by atoms with van der Waals surface area (Å²) in [5, 5.41) is 0. The van der Waals surface area contributed by atoms with Gasteiger partial charge in [-0.2, -0.15) is 0 Å². The third kappa shape index (κ3) is 3.84. The van der Waals surface area contributed by atoms with Crippen LogP contribution in [0.5, 0.6) is 0 Å². The van der Waals surface area contributed by atoms with Crippen molar-refractivity contribution in [2.45, 2.75) is 19.9 Å². The minimum Gasteiger partial charge on any atom is -0.260 e. The zero-order valence-corrected chi connectivity index (χ0v) is 5.73. The lowest BCUT2D eigenvalue weighted by molar-refractivity contribution is 0.552. The highest BCUT2D eigenvalue weighted by Gasteiger charge is 1.87. The van der Waals surface area contributed by atoms with E-state index in [9.17, 15) is 0 Å². The lowest BCUT2D eigenvalue weighted by Gasteiger charge is -2.05. The van der Waals surface area contributed by atoms with E-state index in [1.165, 1.54) is 0 Å². The van der Waals surface area contributed by atoms with E-state index in [-0.39, 0.29) is 0 Å². The van der Waals surface area contributed by atoms with Crippen molar-refractivity contribution in [3.8, 4) is 0 Å². The van der Waals surface area contributed by atoms with Gasteiger partial charge in [0.05, 0.1) is 0 Å². The van der Waals surface area contributed by atoms with Gasteiger partial charge in [0.25, 0.3) is 0 Å². The first kappa shape index (κ1) is 7.66. The molecule has 0 heterocycles. The molecule has 0 spiro atoms. The minimum absolute atomic E-state index is 0.421. The summed E-state index contributed by atoms with van der Waals surface area (Å²) in [6.07, 6.45) is 4.10. The van der Waals surface area contributed by atoms with E-state index in [4.69, 9.17) is 0 Å². The Morgan fingerprint density at radius 1 is 1.50 bits per heavy atom. The molecule has 0 aromatic rings. The Labute approximate surface area is 50.9 Å². The highest BCUT2D eigenvalue weighted by Crippen LogP contribution is 1.79. The predicted octanol–water partition coefficient (Wildman–Crippen LogP) is 0.675. The van der Waals surface area contributed by atoms with Crippen LogP contribution in [0, 0.1) is 0 Å². The van der Waals surface area contributed by atoms with Crippen LogP contribution in [0.25, 0.3) is 0 Å². The van der Waals surface area contributed by atoms with Gasteiger partial charge in [-0.05, 0) is 20.9 Å². The molecule has 1 atom stereocenters. The SMILES string of the molecule is CC=CC(C)NNC. The molecule has 0 aliphatic heterocycles. The molecule has 0 rings (SSSR count). The van der Waals surface area contributed by atoms with E-state index < -0.39 is 0 Å². The van der Waals surface area contributed by atoms with Gasteiger partial charge in [0, 0.05) is 6.04 Å². The molecule has 0 aromatic carbocycles. The van der Waals surface area contributed by atoms with Gasteiger partial charge in [0.1, 0.15) is 0 Å². The van der Waals surface area contributed by atoms with Gasteiger partial charge in [-0.3, -0.25) is 10.9 Å². The topological polar surface area (TPSA) is 24.1 Å². The highest BCUT2D eigenvalue weighted by molar-refractivity contribution is 4.86. The molecule has 2 N–H and O–H groups in total. The Morgan fingerprint density at radius 3 is 2.50 bits per heavy atom. The Hall–Kier alpha value is -0.340. The van der Waals surface area contributed by atoms with E-state index in [1.54, 1.807) is 0 Å². The van der Waals surface area contributed by atoms with Crippen LogP contribution in [0.2, 0.25) is 0 Å². The Morgan fingerprint density at radius 2 is 2.12 bits per heavy atom. The molecule has 2 nitrogen and oxygen atoms in total. The number of hydrogen-bond acceptors (Lipinski definition) is 2. The van der Waals surface area contributed by atoms with Gasteiger partial charge < -0.3 is 0 Å². The number of nitrogens with one attached hydrogen (secondary N) is 2. The normalized spacial score (nSPS) is 14.9. The maximum atomic E-state index is 3.01. The van der Waals surface area contributed by atoms with Crippen molar-refractivity contribution in [1.82, 2.24) is 10.9 Å². The van der Waals surface area contributed by atoms with Crippen molar-refractivity contribution < 1.29 is 0 Å². The fourth-order valence-electron chi connectivity index (χ4n) is 0.564. The second kappa shape index (κ2) is 4.81. The zero-order chi connectivity index (χ0) is 6.41. The monoisotopic (exact) mass is 114 g/mol. The molecule has 0 fully saturated rings. The van der Waals surface area contributed by atoms with Crippen LogP contribution in [0.4, 0.5) is 0 Å². The average Bonchev–Trinajstić information content (AvgIpc) is 1.68. The first-order chi connectivity index (χ1) is 3.81. The molecule has 1 unspecified atom stereocenters. The Kier molecular flexibility index (Phi) is 4.61. The molecule has 0 aromatic heterocycles. The summed E-state index contributed by atoms with van der Waals surface area (Å²) in [5.41, 5.74) is 5.86. The summed E-state index contributed by atoms with van der Waals surface area (Å²) in [7, 11) is 1.86. The number of hydrogen-bond donors (Lipinski definition) is 2. The molecule has 0 amide bonds. The maximum Gasteiger partial charge on any atom is 0.0364 e. The summed E-state index contributed by atoms with van der Waals surface area (Å²) in [6.45, 7) is 4.09. The van der Waals surface area contributed by atoms with Crippen LogP contribution in [0.15, 0.2) is 12.2 Å².